The van der Waals surface area contributed by atoms with E-state index in [9.17, 15) is 4.39 Å². The maximum Gasteiger partial charge on any atom is 0.143 e. The van der Waals surface area contributed by atoms with Crippen molar-refractivity contribution in [1.82, 2.24) is 9.97 Å². The van der Waals surface area contributed by atoms with E-state index in [2.05, 4.69) is 15.3 Å². The van der Waals surface area contributed by atoms with Gasteiger partial charge in [0, 0.05) is 5.56 Å². The van der Waals surface area contributed by atoms with E-state index in [0.29, 0.717) is 22.9 Å². The summed E-state index contributed by atoms with van der Waals surface area (Å²) < 4.78 is 13.4. The molecular formula is C12H10FN5. The van der Waals surface area contributed by atoms with Crippen molar-refractivity contribution in [3.63, 3.8) is 0 Å². The summed E-state index contributed by atoms with van der Waals surface area (Å²) in [6.07, 6.45) is 1.30. The van der Waals surface area contributed by atoms with Crippen molar-refractivity contribution in [2.24, 2.45) is 0 Å². The molecule has 1 heterocycles. The van der Waals surface area contributed by atoms with E-state index < -0.39 is 5.82 Å². The summed E-state index contributed by atoms with van der Waals surface area (Å²) in [5.74, 6) is 0.203. The molecule has 0 aliphatic heterocycles. The molecule has 1 aromatic carbocycles. The molecular weight excluding hydrogens is 233 g/mol. The molecule has 18 heavy (non-hydrogen) atoms. The second-order valence-electron chi connectivity index (χ2n) is 3.63. The topological polar surface area (TPSA) is 87.6 Å². The first-order valence-corrected chi connectivity index (χ1v) is 5.16. The van der Waals surface area contributed by atoms with E-state index in [4.69, 9.17) is 11.0 Å². The number of nitrogens with zero attached hydrogens (tertiary/aromatic N) is 3. The van der Waals surface area contributed by atoms with Gasteiger partial charge in [-0.3, -0.25) is 0 Å². The van der Waals surface area contributed by atoms with Crippen molar-refractivity contribution in [2.75, 3.05) is 11.1 Å². The van der Waals surface area contributed by atoms with Crippen molar-refractivity contribution in [1.29, 1.82) is 5.26 Å². The average molecular weight is 243 g/mol. The zero-order chi connectivity index (χ0) is 13.1. The van der Waals surface area contributed by atoms with E-state index in [0.717, 1.165) is 0 Å². The van der Waals surface area contributed by atoms with Crippen molar-refractivity contribution in [2.45, 2.75) is 6.92 Å². The first kappa shape index (κ1) is 11.8. The highest BCUT2D eigenvalue weighted by molar-refractivity contribution is 5.68. The molecule has 6 heteroatoms. The van der Waals surface area contributed by atoms with Gasteiger partial charge in [0.15, 0.2) is 0 Å². The lowest BCUT2D eigenvalue weighted by Crippen LogP contribution is -2.03. The Kier molecular flexibility index (Phi) is 3.06. The van der Waals surface area contributed by atoms with Crippen LogP contribution in [0.15, 0.2) is 24.5 Å². The smallest absolute Gasteiger partial charge is 0.143 e. The molecule has 5 nitrogen and oxygen atoms in total. The third-order valence-corrected chi connectivity index (χ3v) is 2.50. The number of nitrogen functional groups attached to an aromatic ring is 1. The van der Waals surface area contributed by atoms with E-state index >= 15 is 0 Å². The SMILES string of the molecule is Cc1c(N)ncnc1Nc1cccc(F)c1C#N. The summed E-state index contributed by atoms with van der Waals surface area (Å²) in [4.78, 5) is 7.83. The lowest BCUT2D eigenvalue weighted by atomic mass is 10.1. The predicted molar refractivity (Wildman–Crippen MR) is 65.6 cm³/mol. The molecule has 90 valence electrons. The van der Waals surface area contributed by atoms with Gasteiger partial charge in [-0.05, 0) is 19.1 Å². The number of nitrogens with two attached hydrogens (primary N) is 1. The van der Waals surface area contributed by atoms with Gasteiger partial charge in [0.25, 0.3) is 0 Å². The molecule has 0 amide bonds. The molecule has 3 N–H and O–H groups in total. The zero-order valence-electron chi connectivity index (χ0n) is 9.61. The number of aromatic nitrogens is 2. The molecule has 0 spiro atoms. The van der Waals surface area contributed by atoms with Gasteiger partial charge in [0.1, 0.15) is 35.4 Å². The van der Waals surface area contributed by atoms with Crippen LogP contribution in [0.2, 0.25) is 0 Å². The number of anilines is 3. The Morgan fingerprint density at radius 1 is 1.39 bits per heavy atom. The van der Waals surface area contributed by atoms with E-state index in [1.807, 2.05) is 0 Å². The maximum atomic E-state index is 13.4. The molecule has 1 aromatic heterocycles. The number of benzene rings is 1. The quantitative estimate of drug-likeness (QED) is 0.843. The van der Waals surface area contributed by atoms with Gasteiger partial charge >= 0.3 is 0 Å². The molecule has 2 rings (SSSR count). The molecule has 0 saturated heterocycles. The summed E-state index contributed by atoms with van der Waals surface area (Å²) >= 11 is 0. The first-order chi connectivity index (χ1) is 8.63. The van der Waals surface area contributed by atoms with Crippen LogP contribution in [0.4, 0.5) is 21.7 Å². The van der Waals surface area contributed by atoms with Crippen LogP contribution in [0.25, 0.3) is 0 Å². The summed E-state index contributed by atoms with van der Waals surface area (Å²) in [6.45, 7) is 1.74. The third kappa shape index (κ3) is 2.06. The van der Waals surface area contributed by atoms with E-state index in [-0.39, 0.29) is 5.56 Å². The molecule has 0 fully saturated rings. The van der Waals surface area contributed by atoms with Gasteiger partial charge < -0.3 is 11.1 Å². The van der Waals surface area contributed by atoms with Crippen LogP contribution < -0.4 is 11.1 Å². The largest absolute Gasteiger partial charge is 0.383 e. The summed E-state index contributed by atoms with van der Waals surface area (Å²) in [7, 11) is 0. The average Bonchev–Trinajstić information content (AvgIpc) is 2.35. The van der Waals surface area contributed by atoms with E-state index in [1.165, 1.54) is 18.5 Å². The van der Waals surface area contributed by atoms with Gasteiger partial charge in [0.2, 0.25) is 0 Å². The zero-order valence-corrected chi connectivity index (χ0v) is 9.61. The molecule has 0 aliphatic rings. The number of nitrogens with one attached hydrogen (secondary N) is 1. The highest BCUT2D eigenvalue weighted by Gasteiger charge is 2.10. The second-order valence-corrected chi connectivity index (χ2v) is 3.63. The van der Waals surface area contributed by atoms with Gasteiger partial charge in [-0.15, -0.1) is 0 Å². The Labute approximate surface area is 103 Å². The Morgan fingerprint density at radius 2 is 2.17 bits per heavy atom. The fourth-order valence-electron chi connectivity index (χ4n) is 1.46. The Morgan fingerprint density at radius 3 is 2.89 bits per heavy atom. The van der Waals surface area contributed by atoms with Crippen molar-refractivity contribution >= 4 is 17.3 Å². The minimum atomic E-state index is -0.581. The lowest BCUT2D eigenvalue weighted by Gasteiger charge is -2.10. The molecule has 0 aliphatic carbocycles. The van der Waals surface area contributed by atoms with Crippen molar-refractivity contribution < 1.29 is 4.39 Å². The van der Waals surface area contributed by atoms with E-state index in [1.54, 1.807) is 19.1 Å². The summed E-state index contributed by atoms with van der Waals surface area (Å²) in [5.41, 5.74) is 6.57. The van der Waals surface area contributed by atoms with Crippen LogP contribution in [-0.2, 0) is 0 Å². The van der Waals surface area contributed by atoms with Gasteiger partial charge in [-0.25, -0.2) is 14.4 Å². The van der Waals surface area contributed by atoms with Crippen molar-refractivity contribution in [3.05, 3.63) is 41.5 Å². The minimum Gasteiger partial charge on any atom is -0.383 e. The van der Waals surface area contributed by atoms with Crippen LogP contribution in [0, 0.1) is 24.1 Å². The molecule has 0 atom stereocenters. The molecule has 0 unspecified atom stereocenters. The minimum absolute atomic E-state index is 0.0610. The molecule has 0 radical (unpaired) electrons. The van der Waals surface area contributed by atoms with Crippen LogP contribution in [0.1, 0.15) is 11.1 Å². The lowest BCUT2D eigenvalue weighted by molar-refractivity contribution is 0.624. The number of halogens is 1. The summed E-state index contributed by atoms with van der Waals surface area (Å²) in [5, 5.41) is 11.8. The normalized spacial score (nSPS) is 9.83. The Balaban J connectivity index is 2.44. The summed E-state index contributed by atoms with van der Waals surface area (Å²) in [6, 6.07) is 6.14. The van der Waals surface area contributed by atoms with Gasteiger partial charge in [-0.2, -0.15) is 5.26 Å². The fourth-order valence-corrected chi connectivity index (χ4v) is 1.46. The number of hydrogen-bond acceptors (Lipinski definition) is 5. The first-order valence-electron chi connectivity index (χ1n) is 5.16. The monoisotopic (exact) mass is 243 g/mol. The second kappa shape index (κ2) is 4.67. The highest BCUT2D eigenvalue weighted by atomic mass is 19.1. The standard InChI is InChI=1S/C12H10FN5/c1-7-11(15)16-6-17-12(7)18-10-4-2-3-9(13)8(10)5-14/h2-4,6H,1H3,(H3,15,16,17,18). The van der Waals surface area contributed by atoms with Gasteiger partial charge in [-0.1, -0.05) is 6.07 Å². The molecule has 0 saturated carbocycles. The molecule has 2 aromatic rings. The maximum absolute atomic E-state index is 13.4. The Bertz CT molecular complexity index is 633. The highest BCUT2D eigenvalue weighted by Crippen LogP contribution is 2.24. The Hall–Kier alpha value is -2.68. The third-order valence-electron chi connectivity index (χ3n) is 2.50. The van der Waals surface area contributed by atoms with Crippen LogP contribution in [0.3, 0.4) is 0 Å². The predicted octanol–water partition coefficient (Wildman–Crippen LogP) is 2.12. The van der Waals surface area contributed by atoms with Crippen LogP contribution in [-0.4, -0.2) is 9.97 Å². The van der Waals surface area contributed by atoms with Crippen molar-refractivity contribution in [3.8, 4) is 6.07 Å². The number of rotatable bonds is 2. The molecule has 0 bridgehead atoms. The number of nitriles is 1. The fraction of sp³-hybridized carbons (Fsp3) is 0.0833. The van der Waals surface area contributed by atoms with Crippen LogP contribution in [0.5, 0.6) is 0 Å². The number of hydrogen-bond donors (Lipinski definition) is 2. The van der Waals surface area contributed by atoms with Gasteiger partial charge in [0.05, 0.1) is 5.69 Å². The van der Waals surface area contributed by atoms with Crippen LogP contribution >= 0.6 is 0 Å².